The van der Waals surface area contributed by atoms with Gasteiger partial charge in [0, 0.05) is 30.2 Å². The number of rotatable bonds is 4. The van der Waals surface area contributed by atoms with Crippen LogP contribution in [0.25, 0.3) is 28.0 Å². The molecule has 0 aliphatic carbocycles. The smallest absolute Gasteiger partial charge is 0.261 e. The number of hydrogen-bond acceptors (Lipinski definition) is 6. The van der Waals surface area contributed by atoms with E-state index in [0.29, 0.717) is 64.5 Å². The summed E-state index contributed by atoms with van der Waals surface area (Å²) in [5, 5.41) is 9.41. The van der Waals surface area contributed by atoms with E-state index < -0.39 is 0 Å². The summed E-state index contributed by atoms with van der Waals surface area (Å²) in [6.45, 7) is 2.77. The van der Waals surface area contributed by atoms with Gasteiger partial charge in [-0.1, -0.05) is 23.7 Å². The molecule has 2 aliphatic heterocycles. The van der Waals surface area contributed by atoms with Gasteiger partial charge in [0.1, 0.15) is 11.5 Å². The lowest BCUT2D eigenvalue weighted by Gasteiger charge is -2.27. The summed E-state index contributed by atoms with van der Waals surface area (Å²) in [6.07, 6.45) is 1.63. The molecule has 10 nitrogen and oxygen atoms in total. The Labute approximate surface area is 237 Å². The van der Waals surface area contributed by atoms with Crippen LogP contribution < -0.4 is 0 Å². The molecule has 0 atom stereocenters. The molecule has 5 heterocycles. The highest BCUT2D eigenvalue weighted by Crippen LogP contribution is 2.39. The largest absolute Gasteiger partial charge is 0.335 e. The van der Waals surface area contributed by atoms with Gasteiger partial charge in [0.25, 0.3) is 11.8 Å². The van der Waals surface area contributed by atoms with Crippen LogP contribution in [0.3, 0.4) is 0 Å². The first-order valence-electron chi connectivity index (χ1n) is 12.9. The van der Waals surface area contributed by atoms with Gasteiger partial charge in [-0.3, -0.25) is 24.0 Å². The van der Waals surface area contributed by atoms with E-state index in [2.05, 4.69) is 5.10 Å². The van der Waals surface area contributed by atoms with E-state index in [-0.39, 0.29) is 35.2 Å². The molecule has 5 aromatic rings. The predicted molar refractivity (Wildman–Crippen MR) is 146 cm³/mol. The number of carbonyl (C=O) groups is 3. The van der Waals surface area contributed by atoms with Crippen molar-refractivity contribution in [1.29, 1.82) is 0 Å². The fraction of sp³-hybridized carbons (Fsp3) is 0.172. The van der Waals surface area contributed by atoms with Gasteiger partial charge >= 0.3 is 0 Å². The first kappa shape index (κ1) is 25.1. The minimum atomic E-state index is -0.387. The lowest BCUT2D eigenvalue weighted by atomic mass is 9.99. The van der Waals surface area contributed by atoms with Crippen LogP contribution in [0.5, 0.6) is 0 Å². The number of aromatic nitrogens is 5. The van der Waals surface area contributed by atoms with E-state index in [9.17, 15) is 18.8 Å². The van der Waals surface area contributed by atoms with Crippen LogP contribution in [0.4, 0.5) is 4.39 Å². The van der Waals surface area contributed by atoms with Gasteiger partial charge in [-0.15, -0.1) is 0 Å². The number of nitrogens with zero attached hydrogens (tertiary/aromatic N) is 7. The fourth-order valence-electron chi connectivity index (χ4n) is 5.48. The van der Waals surface area contributed by atoms with Gasteiger partial charge < -0.3 is 4.90 Å². The van der Waals surface area contributed by atoms with Crippen LogP contribution in [-0.4, -0.2) is 58.4 Å². The van der Waals surface area contributed by atoms with E-state index >= 15 is 0 Å². The average molecular weight is 570 g/mol. The number of imidazole rings is 1. The minimum Gasteiger partial charge on any atom is -0.335 e. The lowest BCUT2D eigenvalue weighted by molar-refractivity contribution is -0.130. The Balaban J connectivity index is 1.37. The summed E-state index contributed by atoms with van der Waals surface area (Å²) in [5.74, 6) is -1.21. The van der Waals surface area contributed by atoms with Crippen LogP contribution >= 0.6 is 11.6 Å². The third kappa shape index (κ3) is 4.08. The highest BCUT2D eigenvalue weighted by molar-refractivity contribution is 6.29. The molecule has 0 N–H and O–H groups in total. The molecular formula is C29H21ClFN7O3. The van der Waals surface area contributed by atoms with Gasteiger partial charge in [0.15, 0.2) is 10.8 Å². The second-order valence-electron chi connectivity index (χ2n) is 9.96. The summed E-state index contributed by atoms with van der Waals surface area (Å²) in [6, 6.07) is 14.4. The summed E-state index contributed by atoms with van der Waals surface area (Å²) in [4.78, 5) is 45.9. The Morgan fingerprint density at radius 2 is 1.68 bits per heavy atom. The molecular weight excluding hydrogens is 549 g/mol. The van der Waals surface area contributed by atoms with E-state index in [1.54, 1.807) is 53.6 Å². The zero-order chi connectivity index (χ0) is 28.4. The molecule has 0 unspecified atom stereocenters. The molecule has 0 saturated carbocycles. The third-order valence-electron chi connectivity index (χ3n) is 7.46. The lowest BCUT2D eigenvalue weighted by Crippen LogP contribution is -2.37. The van der Waals surface area contributed by atoms with Gasteiger partial charge in [-0.05, 0) is 42.5 Å². The number of carbonyl (C=O) groups excluding carboxylic acids is 3. The number of imide groups is 1. The van der Waals surface area contributed by atoms with Crippen LogP contribution in [0.2, 0.25) is 5.15 Å². The maximum Gasteiger partial charge on any atom is 0.261 e. The normalized spacial score (nSPS) is 14.6. The SMILES string of the molecule is CC(=O)N1CCn2nc(-c3ccc(F)cc3)c(-c3cc(Cl)nn4cc(CN5C(=O)c6ccccc6C5=O)nc34)c2C1. The molecule has 7 rings (SSSR count). The highest BCUT2D eigenvalue weighted by Gasteiger charge is 2.36. The van der Waals surface area contributed by atoms with Crippen molar-refractivity contribution in [2.24, 2.45) is 0 Å². The van der Waals surface area contributed by atoms with Crippen molar-refractivity contribution in [3.05, 3.63) is 94.3 Å². The van der Waals surface area contributed by atoms with E-state index in [0.717, 1.165) is 10.6 Å². The first-order chi connectivity index (χ1) is 19.8. The highest BCUT2D eigenvalue weighted by atomic mass is 35.5. The van der Waals surface area contributed by atoms with Crippen molar-refractivity contribution in [3.63, 3.8) is 0 Å². The quantitative estimate of drug-likeness (QED) is 0.300. The molecule has 12 heteroatoms. The summed E-state index contributed by atoms with van der Waals surface area (Å²) in [7, 11) is 0. The first-order valence-corrected chi connectivity index (χ1v) is 13.3. The van der Waals surface area contributed by atoms with Crippen molar-refractivity contribution in [2.45, 2.75) is 26.6 Å². The zero-order valence-electron chi connectivity index (χ0n) is 21.7. The van der Waals surface area contributed by atoms with Crippen molar-refractivity contribution >= 4 is 35.0 Å². The van der Waals surface area contributed by atoms with Gasteiger partial charge in [-0.25, -0.2) is 13.9 Å². The molecule has 3 amide bonds. The summed E-state index contributed by atoms with van der Waals surface area (Å²) in [5.41, 5.74) is 4.91. The van der Waals surface area contributed by atoms with Gasteiger partial charge in [0.2, 0.25) is 5.91 Å². The van der Waals surface area contributed by atoms with Crippen LogP contribution in [0.1, 0.15) is 39.0 Å². The molecule has 0 fully saturated rings. The van der Waals surface area contributed by atoms with E-state index in [1.165, 1.54) is 23.6 Å². The molecule has 2 aromatic carbocycles. The Morgan fingerprint density at radius 3 is 2.37 bits per heavy atom. The van der Waals surface area contributed by atoms with Crippen molar-refractivity contribution in [3.8, 4) is 22.4 Å². The number of amides is 3. The van der Waals surface area contributed by atoms with Crippen LogP contribution in [0.15, 0.2) is 60.8 Å². The van der Waals surface area contributed by atoms with Crippen LogP contribution in [0, 0.1) is 5.82 Å². The number of benzene rings is 2. The van der Waals surface area contributed by atoms with E-state index in [4.69, 9.17) is 21.7 Å². The molecule has 0 bridgehead atoms. The standard InChI is InChI=1S/C29H21ClFN7O3/c1-16(39)35-10-11-37-23(15-35)25(26(34-37)17-6-8-18(31)9-7-17)22-12-24(30)33-38-14-19(32-27(22)38)13-36-28(40)20-4-2-3-5-21(20)29(36)41/h2-9,12,14H,10-11,13,15H2,1H3. The van der Waals surface area contributed by atoms with E-state index in [1.807, 2.05) is 4.68 Å². The van der Waals surface area contributed by atoms with Crippen molar-refractivity contribution in [2.75, 3.05) is 6.54 Å². The van der Waals surface area contributed by atoms with Crippen molar-refractivity contribution in [1.82, 2.24) is 34.2 Å². The monoisotopic (exact) mass is 569 g/mol. The second kappa shape index (κ2) is 9.34. The average Bonchev–Trinajstić information content (AvgIpc) is 3.62. The maximum atomic E-state index is 13.8. The number of hydrogen-bond donors (Lipinski definition) is 0. The minimum absolute atomic E-state index is 0.0538. The second-order valence-corrected chi connectivity index (χ2v) is 10.4. The Hall–Kier alpha value is -4.90. The molecule has 0 spiro atoms. The Bertz CT molecular complexity index is 1880. The predicted octanol–water partition coefficient (Wildman–Crippen LogP) is 4.21. The summed E-state index contributed by atoms with van der Waals surface area (Å²) >= 11 is 6.49. The maximum absolute atomic E-state index is 13.8. The molecule has 0 saturated heterocycles. The number of halogens is 2. The molecule has 41 heavy (non-hydrogen) atoms. The molecule has 3 aromatic heterocycles. The topological polar surface area (TPSA) is 106 Å². The zero-order valence-corrected chi connectivity index (χ0v) is 22.5. The molecule has 204 valence electrons. The van der Waals surface area contributed by atoms with Crippen molar-refractivity contribution < 1.29 is 18.8 Å². The number of fused-ring (bicyclic) bond motifs is 3. The van der Waals surface area contributed by atoms with Crippen LogP contribution in [-0.2, 0) is 24.4 Å². The Kier molecular flexibility index (Phi) is 5.72. The molecule has 2 aliphatic rings. The summed E-state index contributed by atoms with van der Waals surface area (Å²) < 4.78 is 17.2. The van der Waals surface area contributed by atoms with Gasteiger partial charge in [0.05, 0.1) is 48.3 Å². The third-order valence-corrected chi connectivity index (χ3v) is 7.64. The Morgan fingerprint density at radius 1 is 0.976 bits per heavy atom. The van der Waals surface area contributed by atoms with Gasteiger partial charge in [-0.2, -0.15) is 10.2 Å². The fourth-order valence-corrected chi connectivity index (χ4v) is 5.67. The molecule has 0 radical (unpaired) electrons.